The van der Waals surface area contributed by atoms with Crippen LogP contribution in [0.2, 0.25) is 0 Å². The van der Waals surface area contributed by atoms with E-state index in [1.54, 1.807) is 14.1 Å². The zero-order valence-corrected chi connectivity index (χ0v) is 8.22. The maximum Gasteiger partial charge on any atom is 0.252 e. The van der Waals surface area contributed by atoms with Crippen LogP contribution in [0.15, 0.2) is 0 Å². The molecular weight excluding hydrogens is 156 g/mol. The lowest BCUT2D eigenvalue weighted by Gasteiger charge is -2.20. The van der Waals surface area contributed by atoms with Crippen LogP contribution in [0.5, 0.6) is 0 Å². The highest BCUT2D eigenvalue weighted by Gasteiger charge is 2.08. The van der Waals surface area contributed by atoms with Crippen molar-refractivity contribution >= 4 is 5.91 Å². The third-order valence-corrected chi connectivity index (χ3v) is 1.47. The fraction of sp³-hybridized carbons (Fsp3) is 0.857. The van der Waals surface area contributed by atoms with Crippen molar-refractivity contribution in [3.8, 4) is 0 Å². The first-order valence-corrected chi connectivity index (χ1v) is 3.94. The van der Waals surface area contributed by atoms with Gasteiger partial charge in [-0.25, -0.2) is 16.0 Å². The summed E-state index contributed by atoms with van der Waals surface area (Å²) in [5, 5.41) is 1.36. The average molecular weight is 174 g/mol. The van der Waals surface area contributed by atoms with Gasteiger partial charge in [-0.2, -0.15) is 0 Å². The maximum absolute atomic E-state index is 11.3. The van der Waals surface area contributed by atoms with Crippen molar-refractivity contribution in [3.63, 3.8) is 0 Å². The number of hydrogen-bond acceptors (Lipinski definition) is 4. The Morgan fingerprint density at radius 3 is 2.08 bits per heavy atom. The molecule has 12 heavy (non-hydrogen) atoms. The molecule has 0 fully saturated rings. The number of nitrogens with zero attached hydrogens (tertiary/aromatic N) is 2. The molecule has 0 unspecified atom stereocenters. The lowest BCUT2D eigenvalue weighted by molar-refractivity contribution is -0.137. The van der Waals surface area contributed by atoms with E-state index < -0.39 is 0 Å². The molecule has 0 radical (unpaired) electrons. The van der Waals surface area contributed by atoms with Crippen molar-refractivity contribution in [2.24, 2.45) is 0 Å². The van der Waals surface area contributed by atoms with Crippen LogP contribution in [0.1, 0.15) is 6.42 Å². The van der Waals surface area contributed by atoms with E-state index in [0.717, 1.165) is 6.54 Å². The number of hydrazine groups is 2. The van der Waals surface area contributed by atoms with Crippen LogP contribution >= 0.6 is 0 Å². The molecule has 0 aliphatic carbocycles. The van der Waals surface area contributed by atoms with Gasteiger partial charge in [0.2, 0.25) is 0 Å². The highest BCUT2D eigenvalue weighted by molar-refractivity contribution is 5.75. The predicted octanol–water partition coefficient (Wildman–Crippen LogP) is -0.964. The number of carbonyl (C=O) groups is 1. The number of carbonyl (C=O) groups excluding carboxylic acids is 1. The van der Waals surface area contributed by atoms with Crippen molar-refractivity contribution in [1.29, 1.82) is 0 Å². The molecule has 0 aliphatic rings. The Labute approximate surface area is 73.7 Å². The monoisotopic (exact) mass is 174 g/mol. The summed E-state index contributed by atoms with van der Waals surface area (Å²) in [6.07, 6.45) is 0.509. The predicted molar refractivity (Wildman–Crippen MR) is 48.1 cm³/mol. The fourth-order valence-electron chi connectivity index (χ4n) is 0.792. The largest absolute Gasteiger partial charge is 0.309 e. The lowest BCUT2D eigenvalue weighted by Crippen LogP contribution is -2.49. The molecule has 0 heterocycles. The first kappa shape index (κ1) is 11.4. The van der Waals surface area contributed by atoms with Gasteiger partial charge in [0.1, 0.15) is 0 Å². The van der Waals surface area contributed by atoms with Crippen molar-refractivity contribution < 1.29 is 4.79 Å². The van der Waals surface area contributed by atoms with Gasteiger partial charge in [-0.3, -0.25) is 4.79 Å². The smallest absolute Gasteiger partial charge is 0.252 e. The summed E-state index contributed by atoms with van der Waals surface area (Å²) in [5.74, 6) is 0.0358. The molecule has 2 N–H and O–H groups in total. The van der Waals surface area contributed by atoms with E-state index in [2.05, 4.69) is 10.9 Å². The van der Waals surface area contributed by atoms with E-state index in [-0.39, 0.29) is 5.91 Å². The Morgan fingerprint density at radius 2 is 1.75 bits per heavy atom. The minimum absolute atomic E-state index is 0.0358. The SMILES string of the molecule is CNN(NC)C(=O)CCN(C)C. The van der Waals surface area contributed by atoms with E-state index in [9.17, 15) is 4.79 Å². The van der Waals surface area contributed by atoms with Gasteiger partial charge < -0.3 is 4.90 Å². The Kier molecular flexibility index (Phi) is 5.61. The van der Waals surface area contributed by atoms with Crippen molar-refractivity contribution in [3.05, 3.63) is 0 Å². The fourth-order valence-corrected chi connectivity index (χ4v) is 0.792. The van der Waals surface area contributed by atoms with E-state index in [1.807, 2.05) is 19.0 Å². The molecule has 0 saturated heterocycles. The molecule has 5 heteroatoms. The average Bonchev–Trinajstić information content (AvgIpc) is 2.03. The summed E-state index contributed by atoms with van der Waals surface area (Å²) in [7, 11) is 7.28. The number of hydrogen-bond donors (Lipinski definition) is 2. The summed E-state index contributed by atoms with van der Waals surface area (Å²) < 4.78 is 0. The van der Waals surface area contributed by atoms with Crippen molar-refractivity contribution in [2.75, 3.05) is 34.7 Å². The number of amides is 1. The molecule has 5 nitrogen and oxygen atoms in total. The Balaban J connectivity index is 3.69. The molecule has 0 aromatic rings. The van der Waals surface area contributed by atoms with Gasteiger partial charge in [0.15, 0.2) is 0 Å². The van der Waals surface area contributed by atoms with Crippen molar-refractivity contribution in [1.82, 2.24) is 20.9 Å². The van der Waals surface area contributed by atoms with Crippen LogP contribution in [0, 0.1) is 0 Å². The van der Waals surface area contributed by atoms with Gasteiger partial charge >= 0.3 is 0 Å². The Morgan fingerprint density at radius 1 is 1.25 bits per heavy atom. The molecule has 0 aromatic carbocycles. The second-order valence-corrected chi connectivity index (χ2v) is 2.73. The van der Waals surface area contributed by atoms with Gasteiger partial charge in [-0.1, -0.05) is 0 Å². The van der Waals surface area contributed by atoms with Crippen LogP contribution in [-0.2, 0) is 4.79 Å². The summed E-state index contributed by atoms with van der Waals surface area (Å²) in [6.45, 7) is 0.763. The minimum atomic E-state index is 0.0358. The van der Waals surface area contributed by atoms with E-state index in [0.29, 0.717) is 6.42 Å². The van der Waals surface area contributed by atoms with Crippen LogP contribution in [0.3, 0.4) is 0 Å². The maximum atomic E-state index is 11.3. The normalized spacial score (nSPS) is 10.4. The van der Waals surface area contributed by atoms with Gasteiger partial charge in [0.05, 0.1) is 0 Å². The van der Waals surface area contributed by atoms with E-state index in [1.165, 1.54) is 5.12 Å². The molecule has 0 aliphatic heterocycles. The molecular formula is C7H18N4O. The zero-order valence-electron chi connectivity index (χ0n) is 8.22. The van der Waals surface area contributed by atoms with Crippen LogP contribution in [-0.4, -0.2) is 50.7 Å². The Hall–Kier alpha value is -0.650. The molecule has 1 amide bonds. The van der Waals surface area contributed by atoms with Crippen LogP contribution < -0.4 is 10.9 Å². The summed E-state index contributed by atoms with van der Waals surface area (Å²) in [6, 6.07) is 0. The first-order valence-electron chi connectivity index (χ1n) is 3.94. The summed E-state index contributed by atoms with van der Waals surface area (Å²) >= 11 is 0. The van der Waals surface area contributed by atoms with E-state index in [4.69, 9.17) is 0 Å². The van der Waals surface area contributed by atoms with Gasteiger partial charge in [0.25, 0.3) is 5.91 Å². The zero-order chi connectivity index (χ0) is 9.56. The Bertz CT molecular complexity index is 133. The second kappa shape index (κ2) is 5.93. The van der Waals surface area contributed by atoms with Crippen LogP contribution in [0.25, 0.3) is 0 Å². The highest BCUT2D eigenvalue weighted by Crippen LogP contribution is 1.87. The first-order chi connectivity index (χ1) is 5.61. The molecule has 0 bridgehead atoms. The standard InChI is InChI=1S/C7H18N4O/c1-8-11(9-2)7(12)5-6-10(3)4/h8-9H,5-6H2,1-4H3. The minimum Gasteiger partial charge on any atom is -0.309 e. The number of nitrogens with one attached hydrogen (secondary N) is 2. The highest BCUT2D eigenvalue weighted by atomic mass is 16.2. The molecule has 0 rings (SSSR count). The molecule has 0 atom stereocenters. The van der Waals surface area contributed by atoms with Crippen molar-refractivity contribution in [2.45, 2.75) is 6.42 Å². The molecule has 0 spiro atoms. The third kappa shape index (κ3) is 4.27. The van der Waals surface area contributed by atoms with Gasteiger partial charge in [0, 0.05) is 27.1 Å². The van der Waals surface area contributed by atoms with Gasteiger partial charge in [-0.05, 0) is 14.1 Å². The molecule has 0 saturated carbocycles. The molecule has 0 aromatic heterocycles. The summed E-state index contributed by atoms with van der Waals surface area (Å²) in [4.78, 5) is 13.3. The lowest BCUT2D eigenvalue weighted by atomic mass is 10.4. The summed E-state index contributed by atoms with van der Waals surface area (Å²) in [5.41, 5.74) is 5.46. The molecule has 72 valence electrons. The second-order valence-electron chi connectivity index (χ2n) is 2.73. The number of rotatable bonds is 5. The topological polar surface area (TPSA) is 47.6 Å². The third-order valence-electron chi connectivity index (χ3n) is 1.47. The quantitative estimate of drug-likeness (QED) is 0.527. The van der Waals surface area contributed by atoms with E-state index >= 15 is 0 Å². The van der Waals surface area contributed by atoms with Gasteiger partial charge in [-0.15, -0.1) is 0 Å². The van der Waals surface area contributed by atoms with Crippen LogP contribution in [0.4, 0.5) is 0 Å².